The van der Waals surface area contributed by atoms with Crippen molar-refractivity contribution in [3.63, 3.8) is 0 Å². The lowest BCUT2D eigenvalue weighted by atomic mass is 10.00. The standard InChI is InChI=1S/C12H14O2/c1-3-5-9-7-8-11(13)12(14)10(9)6-4-2/h3-4,7-8,13-14H,1-2,5-6H2. The van der Waals surface area contributed by atoms with E-state index in [2.05, 4.69) is 13.2 Å². The van der Waals surface area contributed by atoms with Crippen LogP contribution >= 0.6 is 0 Å². The Morgan fingerprint density at radius 3 is 2.29 bits per heavy atom. The summed E-state index contributed by atoms with van der Waals surface area (Å²) in [6.45, 7) is 7.25. The van der Waals surface area contributed by atoms with Crippen LogP contribution in [0.15, 0.2) is 37.4 Å². The molecule has 0 saturated carbocycles. The molecule has 0 aliphatic carbocycles. The van der Waals surface area contributed by atoms with E-state index in [9.17, 15) is 10.2 Å². The van der Waals surface area contributed by atoms with Crippen molar-refractivity contribution in [3.05, 3.63) is 48.6 Å². The normalized spacial score (nSPS) is 9.71. The number of hydrogen-bond acceptors (Lipinski definition) is 2. The maximum absolute atomic E-state index is 9.60. The predicted molar refractivity (Wildman–Crippen MR) is 57.6 cm³/mol. The van der Waals surface area contributed by atoms with Gasteiger partial charge < -0.3 is 10.2 Å². The first-order valence-corrected chi connectivity index (χ1v) is 4.45. The van der Waals surface area contributed by atoms with Crippen molar-refractivity contribution in [2.24, 2.45) is 0 Å². The molecule has 0 fully saturated rings. The minimum atomic E-state index is -0.0883. The lowest BCUT2D eigenvalue weighted by Gasteiger charge is -2.09. The van der Waals surface area contributed by atoms with Crippen LogP contribution in [0.3, 0.4) is 0 Å². The van der Waals surface area contributed by atoms with E-state index in [0.29, 0.717) is 12.8 Å². The Balaban J connectivity index is 3.21. The predicted octanol–water partition coefficient (Wildman–Crippen LogP) is 2.55. The maximum atomic E-state index is 9.60. The van der Waals surface area contributed by atoms with Gasteiger partial charge in [-0.2, -0.15) is 0 Å². The molecule has 2 nitrogen and oxygen atoms in total. The third-order valence-corrected chi connectivity index (χ3v) is 2.07. The van der Waals surface area contributed by atoms with Crippen molar-refractivity contribution in [3.8, 4) is 11.5 Å². The molecule has 0 saturated heterocycles. The number of phenolic OH excluding ortho intramolecular Hbond substituents is 2. The number of hydrogen-bond donors (Lipinski definition) is 2. The molecule has 0 aliphatic heterocycles. The van der Waals surface area contributed by atoms with Crippen LogP contribution in [0, 0.1) is 0 Å². The van der Waals surface area contributed by atoms with Crippen molar-refractivity contribution in [2.45, 2.75) is 12.8 Å². The Morgan fingerprint density at radius 1 is 1.07 bits per heavy atom. The molecule has 0 amide bonds. The van der Waals surface area contributed by atoms with Gasteiger partial charge in [0, 0.05) is 5.56 Å². The highest BCUT2D eigenvalue weighted by molar-refractivity contribution is 5.50. The lowest BCUT2D eigenvalue weighted by Crippen LogP contribution is -1.92. The van der Waals surface area contributed by atoms with Crippen LogP contribution in [0.25, 0.3) is 0 Å². The van der Waals surface area contributed by atoms with E-state index >= 15 is 0 Å². The van der Waals surface area contributed by atoms with Crippen LogP contribution < -0.4 is 0 Å². The lowest BCUT2D eigenvalue weighted by molar-refractivity contribution is 0.399. The Bertz CT molecular complexity index is 354. The molecule has 0 radical (unpaired) electrons. The zero-order valence-corrected chi connectivity index (χ0v) is 8.03. The van der Waals surface area contributed by atoms with Crippen molar-refractivity contribution < 1.29 is 10.2 Å². The van der Waals surface area contributed by atoms with Gasteiger partial charge in [0.25, 0.3) is 0 Å². The molecular formula is C12H14O2. The third kappa shape index (κ3) is 1.96. The molecular weight excluding hydrogens is 176 g/mol. The van der Waals surface area contributed by atoms with Gasteiger partial charge in [-0.25, -0.2) is 0 Å². The van der Waals surface area contributed by atoms with Gasteiger partial charge in [0.2, 0.25) is 0 Å². The van der Waals surface area contributed by atoms with E-state index in [-0.39, 0.29) is 11.5 Å². The van der Waals surface area contributed by atoms with Crippen LogP contribution in [-0.4, -0.2) is 10.2 Å². The molecule has 0 spiro atoms. The summed E-state index contributed by atoms with van der Waals surface area (Å²) in [5.74, 6) is -0.140. The summed E-state index contributed by atoms with van der Waals surface area (Å²) in [7, 11) is 0. The summed E-state index contributed by atoms with van der Waals surface area (Å²) in [5, 5.41) is 18.9. The Kier molecular flexibility index (Phi) is 3.35. The number of aromatic hydroxyl groups is 2. The molecule has 0 heterocycles. The Hall–Kier alpha value is -1.70. The van der Waals surface area contributed by atoms with Crippen LogP contribution in [-0.2, 0) is 12.8 Å². The fraction of sp³-hybridized carbons (Fsp3) is 0.167. The summed E-state index contributed by atoms with van der Waals surface area (Å²) in [5.41, 5.74) is 1.69. The van der Waals surface area contributed by atoms with Gasteiger partial charge >= 0.3 is 0 Å². The highest BCUT2D eigenvalue weighted by Crippen LogP contribution is 2.32. The molecule has 1 aromatic carbocycles. The van der Waals surface area contributed by atoms with Gasteiger partial charge in [0.05, 0.1) is 0 Å². The topological polar surface area (TPSA) is 40.5 Å². The van der Waals surface area contributed by atoms with Gasteiger partial charge in [-0.3, -0.25) is 0 Å². The molecule has 0 unspecified atom stereocenters. The van der Waals surface area contributed by atoms with Gasteiger partial charge in [0.15, 0.2) is 11.5 Å². The molecule has 0 atom stereocenters. The monoisotopic (exact) mass is 190 g/mol. The molecule has 14 heavy (non-hydrogen) atoms. The van der Waals surface area contributed by atoms with Crippen molar-refractivity contribution in [2.75, 3.05) is 0 Å². The number of benzene rings is 1. The van der Waals surface area contributed by atoms with Crippen LogP contribution in [0.4, 0.5) is 0 Å². The molecule has 74 valence electrons. The molecule has 2 heteroatoms. The quantitative estimate of drug-likeness (QED) is 0.566. The summed E-state index contributed by atoms with van der Waals surface area (Å²) >= 11 is 0. The molecule has 0 bridgehead atoms. The summed E-state index contributed by atoms with van der Waals surface area (Å²) in [6, 6.07) is 3.27. The number of allylic oxidation sites excluding steroid dienone is 2. The average Bonchev–Trinajstić information content (AvgIpc) is 2.18. The van der Waals surface area contributed by atoms with Crippen molar-refractivity contribution >= 4 is 0 Å². The van der Waals surface area contributed by atoms with E-state index in [0.717, 1.165) is 11.1 Å². The SMILES string of the molecule is C=CCc1ccc(O)c(O)c1CC=C. The number of phenols is 2. The smallest absolute Gasteiger partial charge is 0.161 e. The molecule has 2 N–H and O–H groups in total. The van der Waals surface area contributed by atoms with Gasteiger partial charge in [-0.05, 0) is 24.5 Å². The maximum Gasteiger partial charge on any atom is 0.161 e. The highest BCUT2D eigenvalue weighted by Gasteiger charge is 2.09. The van der Waals surface area contributed by atoms with Crippen molar-refractivity contribution in [1.29, 1.82) is 0 Å². The minimum Gasteiger partial charge on any atom is -0.504 e. The first-order chi connectivity index (χ1) is 6.70. The first kappa shape index (κ1) is 10.4. The summed E-state index contributed by atoms with van der Waals surface area (Å²) < 4.78 is 0. The third-order valence-electron chi connectivity index (χ3n) is 2.07. The van der Waals surface area contributed by atoms with E-state index < -0.39 is 0 Å². The molecule has 1 rings (SSSR count). The second-order valence-electron chi connectivity index (χ2n) is 3.06. The fourth-order valence-electron chi connectivity index (χ4n) is 1.38. The zero-order chi connectivity index (χ0) is 10.6. The van der Waals surface area contributed by atoms with Crippen LogP contribution in [0.1, 0.15) is 11.1 Å². The van der Waals surface area contributed by atoms with Gasteiger partial charge in [-0.15, -0.1) is 13.2 Å². The molecule has 0 aromatic heterocycles. The van der Waals surface area contributed by atoms with Crippen LogP contribution in [0.5, 0.6) is 11.5 Å². The summed E-state index contributed by atoms with van der Waals surface area (Å²) in [6.07, 6.45) is 4.68. The van der Waals surface area contributed by atoms with Crippen molar-refractivity contribution in [1.82, 2.24) is 0 Å². The van der Waals surface area contributed by atoms with Gasteiger partial charge in [0.1, 0.15) is 0 Å². The van der Waals surface area contributed by atoms with E-state index in [1.54, 1.807) is 18.2 Å². The van der Waals surface area contributed by atoms with E-state index in [1.165, 1.54) is 6.07 Å². The number of rotatable bonds is 4. The first-order valence-electron chi connectivity index (χ1n) is 4.45. The Labute approximate surface area is 83.8 Å². The highest BCUT2D eigenvalue weighted by atomic mass is 16.3. The Morgan fingerprint density at radius 2 is 1.71 bits per heavy atom. The summed E-state index contributed by atoms with van der Waals surface area (Å²) in [4.78, 5) is 0. The average molecular weight is 190 g/mol. The van der Waals surface area contributed by atoms with Crippen LogP contribution in [0.2, 0.25) is 0 Å². The van der Waals surface area contributed by atoms with Gasteiger partial charge in [-0.1, -0.05) is 18.2 Å². The zero-order valence-electron chi connectivity index (χ0n) is 8.03. The van der Waals surface area contributed by atoms with E-state index in [1.807, 2.05) is 0 Å². The molecule has 1 aromatic rings. The molecule has 0 aliphatic rings. The largest absolute Gasteiger partial charge is 0.504 e. The second-order valence-corrected chi connectivity index (χ2v) is 3.06. The second kappa shape index (κ2) is 4.51. The fourth-order valence-corrected chi connectivity index (χ4v) is 1.38. The van der Waals surface area contributed by atoms with E-state index in [4.69, 9.17) is 0 Å². The minimum absolute atomic E-state index is 0.0516.